The predicted octanol–water partition coefficient (Wildman–Crippen LogP) is 0.872. The van der Waals surface area contributed by atoms with E-state index in [1.54, 1.807) is 6.92 Å². The molecule has 18 heteroatoms. The Hall–Kier alpha value is -3.31. The van der Waals surface area contributed by atoms with Crippen LogP contribution in [0.4, 0.5) is 26.3 Å². The topological polar surface area (TPSA) is 245 Å². The third-order valence-corrected chi connectivity index (χ3v) is 3.71. The summed E-state index contributed by atoms with van der Waals surface area (Å²) < 4.78 is 63.5. The molecule has 0 fully saturated rings. The van der Waals surface area contributed by atoms with Crippen LogP contribution in [0.15, 0.2) is 4.99 Å². The van der Waals surface area contributed by atoms with Gasteiger partial charge in [-0.05, 0) is 18.8 Å². The SMILES string of the molecule is CCC(C)C(C)C(=O)O.NC(=O)[C@@H](N)CCCN=C(N)N.O=C(O)C(F)(F)F.O=C(O)C(F)(F)F. The summed E-state index contributed by atoms with van der Waals surface area (Å²) in [7, 11) is 0. The third-order valence-electron chi connectivity index (χ3n) is 3.71. The molecule has 0 rings (SSSR count). The van der Waals surface area contributed by atoms with Crippen LogP contribution >= 0.6 is 0 Å². The van der Waals surface area contributed by atoms with Crippen molar-refractivity contribution in [3.63, 3.8) is 0 Å². The molecule has 0 aliphatic heterocycles. The van der Waals surface area contributed by atoms with E-state index in [2.05, 4.69) is 4.99 Å². The van der Waals surface area contributed by atoms with Gasteiger partial charge in [0.25, 0.3) is 0 Å². The van der Waals surface area contributed by atoms with Crippen LogP contribution in [-0.4, -0.2) is 70.0 Å². The molecule has 208 valence electrons. The molecule has 0 aliphatic rings. The van der Waals surface area contributed by atoms with Gasteiger partial charge in [-0.15, -0.1) is 0 Å². The Morgan fingerprint density at radius 3 is 1.37 bits per heavy atom. The van der Waals surface area contributed by atoms with E-state index in [1.165, 1.54) is 0 Å². The molecule has 12 nitrogen and oxygen atoms in total. The van der Waals surface area contributed by atoms with Crippen LogP contribution in [0, 0.1) is 11.8 Å². The lowest BCUT2D eigenvalue weighted by molar-refractivity contribution is -0.193. The Kier molecular flexibility index (Phi) is 21.2. The van der Waals surface area contributed by atoms with Crippen molar-refractivity contribution in [3.8, 4) is 0 Å². The monoisotopic (exact) mass is 531 g/mol. The molecule has 35 heavy (non-hydrogen) atoms. The van der Waals surface area contributed by atoms with Gasteiger partial charge in [-0.1, -0.05) is 27.2 Å². The second-order valence-electron chi connectivity index (χ2n) is 6.58. The Balaban J connectivity index is -0.000000188. The highest BCUT2D eigenvalue weighted by Gasteiger charge is 2.38. The van der Waals surface area contributed by atoms with Gasteiger partial charge in [0.1, 0.15) is 0 Å². The Morgan fingerprint density at radius 1 is 0.857 bits per heavy atom. The highest BCUT2D eigenvalue weighted by molar-refractivity contribution is 5.79. The molecule has 11 N–H and O–H groups in total. The largest absolute Gasteiger partial charge is 0.490 e. The zero-order chi connectivity index (χ0) is 29.2. The molecule has 0 heterocycles. The molecular weight excluding hydrogens is 500 g/mol. The number of alkyl halides is 6. The molecule has 0 saturated carbocycles. The lowest BCUT2D eigenvalue weighted by Gasteiger charge is -2.11. The number of carbonyl (C=O) groups excluding carboxylic acids is 1. The van der Waals surface area contributed by atoms with Crippen molar-refractivity contribution >= 4 is 29.8 Å². The lowest BCUT2D eigenvalue weighted by atomic mass is 9.94. The van der Waals surface area contributed by atoms with E-state index in [1.807, 2.05) is 13.8 Å². The van der Waals surface area contributed by atoms with Gasteiger partial charge < -0.3 is 38.3 Å². The summed E-state index contributed by atoms with van der Waals surface area (Å²) in [6.45, 7) is 6.18. The summed E-state index contributed by atoms with van der Waals surface area (Å²) in [6.07, 6.45) is -8.07. The fraction of sp³-hybridized carbons (Fsp3) is 0.706. The number of hydrogen-bond acceptors (Lipinski definition) is 6. The number of amides is 1. The quantitative estimate of drug-likeness (QED) is 0.101. The number of carboxylic acids is 3. The van der Waals surface area contributed by atoms with Crippen LogP contribution in [0.3, 0.4) is 0 Å². The van der Waals surface area contributed by atoms with E-state index in [-0.39, 0.29) is 11.9 Å². The van der Waals surface area contributed by atoms with Crippen molar-refractivity contribution in [1.29, 1.82) is 0 Å². The minimum Gasteiger partial charge on any atom is -0.481 e. The van der Waals surface area contributed by atoms with Crippen molar-refractivity contribution in [2.45, 2.75) is 58.4 Å². The molecule has 0 saturated heterocycles. The van der Waals surface area contributed by atoms with Crippen LogP contribution < -0.4 is 22.9 Å². The Bertz CT molecular complexity index is 659. The van der Waals surface area contributed by atoms with Crippen LogP contribution in [0.25, 0.3) is 0 Å². The zero-order valence-corrected chi connectivity index (χ0v) is 19.1. The van der Waals surface area contributed by atoms with Crippen LogP contribution in [0.2, 0.25) is 0 Å². The molecule has 0 aromatic heterocycles. The second-order valence-corrected chi connectivity index (χ2v) is 6.58. The number of aliphatic imine (C=N–C) groups is 1. The van der Waals surface area contributed by atoms with Gasteiger partial charge in [-0.3, -0.25) is 14.6 Å². The van der Waals surface area contributed by atoms with Gasteiger partial charge in [-0.2, -0.15) is 26.3 Å². The molecule has 0 aliphatic carbocycles. The number of primary amides is 1. The van der Waals surface area contributed by atoms with E-state index in [0.29, 0.717) is 25.3 Å². The van der Waals surface area contributed by atoms with Crippen LogP contribution in [0.5, 0.6) is 0 Å². The van der Waals surface area contributed by atoms with Crippen molar-refractivity contribution in [2.24, 2.45) is 39.8 Å². The number of halogens is 6. The summed E-state index contributed by atoms with van der Waals surface area (Å²) in [5, 5.41) is 22.7. The highest BCUT2D eigenvalue weighted by atomic mass is 19.4. The smallest absolute Gasteiger partial charge is 0.481 e. The highest BCUT2D eigenvalue weighted by Crippen LogP contribution is 2.14. The van der Waals surface area contributed by atoms with Gasteiger partial charge in [-0.25, -0.2) is 9.59 Å². The zero-order valence-electron chi connectivity index (χ0n) is 19.1. The van der Waals surface area contributed by atoms with E-state index < -0.39 is 42.2 Å². The molecule has 2 unspecified atom stereocenters. The van der Waals surface area contributed by atoms with E-state index in [4.69, 9.17) is 47.8 Å². The van der Waals surface area contributed by atoms with E-state index in [0.717, 1.165) is 6.42 Å². The van der Waals surface area contributed by atoms with Gasteiger partial charge in [0.2, 0.25) is 5.91 Å². The van der Waals surface area contributed by atoms with Gasteiger partial charge in [0.15, 0.2) is 5.96 Å². The molecule has 3 atom stereocenters. The fourth-order valence-electron chi connectivity index (χ4n) is 1.26. The van der Waals surface area contributed by atoms with Crippen molar-refractivity contribution in [3.05, 3.63) is 0 Å². The van der Waals surface area contributed by atoms with Crippen molar-refractivity contribution < 1.29 is 60.8 Å². The summed E-state index contributed by atoms with van der Waals surface area (Å²) in [5.41, 5.74) is 20.4. The fourth-order valence-corrected chi connectivity index (χ4v) is 1.26. The number of carboxylic acid groups (broad SMARTS) is 3. The minimum absolute atomic E-state index is 0.0441. The first-order valence-electron chi connectivity index (χ1n) is 9.45. The molecule has 0 spiro atoms. The number of rotatable bonds is 8. The maximum Gasteiger partial charge on any atom is 0.490 e. The maximum atomic E-state index is 10.6. The Labute approximate surface area is 196 Å². The number of carbonyl (C=O) groups is 4. The molecule has 1 amide bonds. The van der Waals surface area contributed by atoms with E-state index in [9.17, 15) is 35.9 Å². The first-order chi connectivity index (χ1) is 15.5. The van der Waals surface area contributed by atoms with E-state index >= 15 is 0 Å². The van der Waals surface area contributed by atoms with Gasteiger partial charge in [0, 0.05) is 6.54 Å². The molecule has 0 bridgehead atoms. The molecular formula is C17H31F6N5O7. The number of nitrogens with two attached hydrogens (primary N) is 4. The summed E-state index contributed by atoms with van der Waals surface area (Å²) in [6, 6.07) is -0.598. The predicted molar refractivity (Wildman–Crippen MR) is 111 cm³/mol. The maximum absolute atomic E-state index is 10.6. The van der Waals surface area contributed by atoms with Gasteiger partial charge >= 0.3 is 30.3 Å². The second kappa shape index (κ2) is 19.0. The Morgan fingerprint density at radius 2 is 1.20 bits per heavy atom. The third kappa shape index (κ3) is 28.7. The molecule has 0 aromatic rings. The first kappa shape index (κ1) is 38.9. The number of nitrogens with zero attached hydrogens (tertiary/aromatic N) is 1. The van der Waals surface area contributed by atoms with Crippen molar-refractivity contribution in [2.75, 3.05) is 6.54 Å². The summed E-state index contributed by atoms with van der Waals surface area (Å²) in [5.74, 6) is -6.57. The summed E-state index contributed by atoms with van der Waals surface area (Å²) in [4.78, 5) is 42.3. The molecule has 0 radical (unpaired) electrons. The average Bonchev–Trinajstić information content (AvgIpc) is 2.69. The first-order valence-corrected chi connectivity index (χ1v) is 9.45. The van der Waals surface area contributed by atoms with Gasteiger partial charge in [0.05, 0.1) is 12.0 Å². The number of guanidine groups is 1. The minimum atomic E-state index is -5.08. The average molecular weight is 531 g/mol. The van der Waals surface area contributed by atoms with Crippen molar-refractivity contribution in [1.82, 2.24) is 0 Å². The number of aliphatic carboxylic acids is 3. The summed E-state index contributed by atoms with van der Waals surface area (Å²) >= 11 is 0. The van der Waals surface area contributed by atoms with Crippen LogP contribution in [-0.2, 0) is 19.2 Å². The lowest BCUT2D eigenvalue weighted by Crippen LogP contribution is -2.36. The molecule has 0 aromatic carbocycles. The van der Waals surface area contributed by atoms with Crippen LogP contribution in [0.1, 0.15) is 40.0 Å². The normalized spacial score (nSPS) is 13.0. The standard InChI is InChI=1S/C7H14O2.C6H15N5O.2C2HF3O2/c1-4-5(2)6(3)7(8)9;7-4(5(8)12)2-1-3-11-6(9)10;2*3-2(4,5)1(6)7/h5-6H,4H2,1-3H3,(H,8,9);4H,1-3,7H2,(H2,8,12)(H4,9,10,11);2*(H,6,7)/t;4-;;/m.0../s1. The number of hydrogen-bond donors (Lipinski definition) is 7.